The molecule has 5 saturated heterocycles. The van der Waals surface area contributed by atoms with E-state index in [0.29, 0.717) is 148 Å². The third-order valence-electron chi connectivity index (χ3n) is 26.3. The van der Waals surface area contributed by atoms with Crippen LogP contribution in [0.3, 0.4) is 0 Å². The van der Waals surface area contributed by atoms with Crippen LogP contribution in [0.1, 0.15) is 66.2 Å². The lowest BCUT2D eigenvalue weighted by molar-refractivity contribution is 0.0793. The third-order valence-corrected chi connectivity index (χ3v) is 27.8. The van der Waals surface area contributed by atoms with Crippen molar-refractivity contribution in [3.63, 3.8) is 0 Å². The number of nitrogens with zero attached hydrogens (tertiary/aromatic N) is 13. The van der Waals surface area contributed by atoms with Crippen LogP contribution in [0.4, 0.5) is 139 Å². The summed E-state index contributed by atoms with van der Waals surface area (Å²) in [7, 11) is 7.51. The van der Waals surface area contributed by atoms with E-state index in [2.05, 4.69) is 121 Å². The zero-order valence-electron chi connectivity index (χ0n) is 82.9. The Hall–Kier alpha value is -16.2. The molecule has 147 heavy (non-hydrogen) atoms. The largest absolute Gasteiger partial charge is 0.494 e. The number of carbonyl (C=O) groups excluding carboxylic acids is 3. The molecule has 0 atom stereocenters. The molecule has 8 aromatic carbocycles. The first kappa shape index (κ1) is 99.6. The van der Waals surface area contributed by atoms with Crippen LogP contribution in [0, 0.1) is 0 Å². The second-order valence-corrected chi connectivity index (χ2v) is 37.1. The summed E-state index contributed by atoms with van der Waals surface area (Å²) in [5.41, 5.74) is 15.1. The Morgan fingerprint density at radius 3 is 1.05 bits per heavy atom. The first-order valence-electron chi connectivity index (χ1n) is 49.1. The summed E-state index contributed by atoms with van der Waals surface area (Å²) < 4.78 is 83.3. The summed E-state index contributed by atoms with van der Waals surface area (Å²) >= 11 is 0. The fourth-order valence-electron chi connectivity index (χ4n) is 18.6. The maximum Gasteiger partial charge on any atom is 0.255 e. The van der Waals surface area contributed by atoms with Crippen molar-refractivity contribution in [2.45, 2.75) is 43.4 Å². The predicted octanol–water partition coefficient (Wildman–Crippen LogP) is 12.7. The number of benzene rings is 8. The van der Waals surface area contributed by atoms with E-state index in [0.717, 1.165) is 247 Å². The minimum absolute atomic E-state index is 0.0536. The number of carbonyl (C=O) groups is 3. The molecule has 5 fully saturated rings. The Balaban J connectivity index is 0.000000124. The molecule has 15 N–H and O–H groups in total. The fraction of sp³-hybridized carbons (Fsp3) is 0.350. The van der Waals surface area contributed by atoms with E-state index in [-0.39, 0.29) is 29.4 Å². The van der Waals surface area contributed by atoms with E-state index < -0.39 is 10.0 Å². The number of methoxy groups -OCH3 is 4. The summed E-state index contributed by atoms with van der Waals surface area (Å²) in [5, 5.41) is 45.2. The van der Waals surface area contributed by atoms with Gasteiger partial charge in [0, 0.05) is 175 Å². The number of ether oxygens (including phenoxy) is 10. The number of rotatable bonds is 29. The summed E-state index contributed by atoms with van der Waals surface area (Å²) in [4.78, 5) is 87.2. The van der Waals surface area contributed by atoms with Crippen molar-refractivity contribution in [3.8, 4) is 34.5 Å². The van der Waals surface area contributed by atoms with Crippen LogP contribution in [0.5, 0.6) is 34.5 Å². The number of hydrogen-bond acceptors (Lipinski definition) is 39. The Labute approximate surface area is 850 Å². The van der Waals surface area contributed by atoms with E-state index >= 15 is 0 Å². The van der Waals surface area contributed by atoms with E-state index in [4.69, 9.17) is 77.3 Å². The lowest BCUT2D eigenvalue weighted by atomic mass is 10.1. The van der Waals surface area contributed by atoms with Gasteiger partial charge in [-0.15, -0.1) is 0 Å². The van der Waals surface area contributed by atoms with Crippen LogP contribution in [0.15, 0.2) is 163 Å². The van der Waals surface area contributed by atoms with Gasteiger partial charge in [0.05, 0.1) is 143 Å². The summed E-state index contributed by atoms with van der Waals surface area (Å²) in [6.07, 6.45) is 5.15. The van der Waals surface area contributed by atoms with E-state index in [1.165, 1.54) is 7.05 Å². The lowest BCUT2D eigenvalue weighted by Crippen LogP contribution is -2.36. The van der Waals surface area contributed by atoms with Gasteiger partial charge in [-0.2, -0.15) is 39.9 Å². The van der Waals surface area contributed by atoms with Crippen molar-refractivity contribution >= 4 is 166 Å². The smallest absolute Gasteiger partial charge is 0.255 e. The van der Waals surface area contributed by atoms with Crippen LogP contribution in [-0.4, -0.2) is 272 Å². The fourth-order valence-corrected chi connectivity index (χ4v) is 19.5. The molecule has 22 rings (SSSR count). The quantitative estimate of drug-likeness (QED) is 0.0207. The monoisotopic (exact) mass is 2020 g/mol. The molecule has 4 aromatic heterocycles. The molecule has 14 heterocycles. The van der Waals surface area contributed by atoms with Gasteiger partial charge in [0.1, 0.15) is 74.4 Å². The molecule has 0 aliphatic carbocycles. The number of morpholine rings is 4. The van der Waals surface area contributed by atoms with Crippen molar-refractivity contribution in [2.24, 2.45) is 0 Å². The lowest BCUT2D eigenvalue weighted by Gasteiger charge is -2.29. The van der Waals surface area contributed by atoms with Gasteiger partial charge >= 0.3 is 0 Å². The van der Waals surface area contributed by atoms with Gasteiger partial charge in [0.15, 0.2) is 11.5 Å². The standard InChI is InChI=1S/C28H33N7O3.C26H29N7O5.C25H29N7O3.C24H29N7O4S/c1-37-24-18-19(34-14-16-38-17-15-34)8-9-23(24)31-28-32-25-21(10-11-29-25)26(33-28)30-22-7-3-2-6-20(22)27(36)35-12-4-5-13-35;1-27-25(34)16-4-6-19-22(38-14-37-19)21(16)30-24-17-7-8-28-23(17)31-26(32-24)29-18-5-3-15(13-20(18)35-2)33-9-11-36-12-10-33;1-26-24(33)17-5-3-4-6-19(17)28-23-18-9-10-27-22(18)30-25(31-23)29-20-8-7-16(15-21(20)34-2)32-11-13-35-14-12-32;1-25-36(32,33)21-6-4-3-5-19(21)27-23-17-9-10-26-22(17)29-24(30-23)28-18-8-7-16(15-20(18)34-2)31-11-13-35-14-12-31/h2-3,6-9,18H,4-5,10-17H2,1H3,(H3,29,30,31,32,33);3-6,13H,7-12,14H2,1-2H3,(H,27,34)(H3,28,29,30,31,32);3-8,15H,9-14H2,1-2H3,(H,26,33)(H3,27,28,29,30,31);3-8,15,25H,9-14H2,1-2H3,(H3,26,27,28,29,30). The highest BCUT2D eigenvalue weighted by Crippen LogP contribution is 2.47. The van der Waals surface area contributed by atoms with Crippen LogP contribution in [0.25, 0.3) is 0 Å². The van der Waals surface area contributed by atoms with Crippen molar-refractivity contribution in [1.29, 1.82) is 0 Å². The van der Waals surface area contributed by atoms with Gasteiger partial charge in [-0.3, -0.25) is 14.4 Å². The van der Waals surface area contributed by atoms with E-state index in [1.54, 1.807) is 85.0 Å². The number of fused-ring (bicyclic) bond motifs is 5. The number of aromatic nitrogens is 8. The second-order valence-electron chi connectivity index (χ2n) is 35.2. The Morgan fingerprint density at radius 2 is 0.680 bits per heavy atom. The Morgan fingerprint density at radius 1 is 0.347 bits per heavy atom. The third kappa shape index (κ3) is 23.0. The molecule has 10 aliphatic heterocycles. The molecule has 12 aromatic rings. The molecule has 0 bridgehead atoms. The summed E-state index contributed by atoms with van der Waals surface area (Å²) in [5.74, 6) is 10.5. The molecule has 10 aliphatic rings. The number of nitrogens with one attached hydrogen (secondary N) is 15. The minimum Gasteiger partial charge on any atom is -0.494 e. The molecule has 0 saturated carbocycles. The molecular weight excluding hydrogens is 1900 g/mol. The predicted molar refractivity (Wildman–Crippen MR) is 567 cm³/mol. The van der Waals surface area contributed by atoms with Crippen LogP contribution in [0.2, 0.25) is 0 Å². The maximum absolute atomic E-state index is 13.2. The van der Waals surface area contributed by atoms with Crippen LogP contribution < -0.4 is 127 Å². The highest BCUT2D eigenvalue weighted by atomic mass is 32.2. The topological polar surface area (TPSA) is 477 Å². The number of hydrogen-bond donors (Lipinski definition) is 15. The highest BCUT2D eigenvalue weighted by molar-refractivity contribution is 7.89. The summed E-state index contributed by atoms with van der Waals surface area (Å²) in [6, 6.07) is 49.2. The SMILES string of the molecule is CNC(=O)c1ccc2c(c1Nc1nc(Nc3ccc(N4CCOCC4)cc3OC)nc3c1CCN3)OCO2.CNC(=O)c1ccccc1Nc1nc(Nc2ccc(N3CCOCC3)cc2OC)nc2c1CCN2.CNS(=O)(=O)c1ccccc1Nc1nc(Nc2ccc(N3CCOCC3)cc2OC)nc2c1CCN2.COc1cc(N2CCOCC2)ccc1Nc1nc2c(c(Nc3ccccc3C(=O)N3CCCC3)n1)CCN2. The molecule has 768 valence electrons. The number of amides is 3. The minimum atomic E-state index is -3.66. The van der Waals surface area contributed by atoms with Gasteiger partial charge in [-0.05, 0) is 143 Å². The Bertz CT molecular complexity index is 6910. The van der Waals surface area contributed by atoms with Crippen molar-refractivity contribution in [3.05, 3.63) is 197 Å². The second kappa shape index (κ2) is 46.3. The zero-order valence-corrected chi connectivity index (χ0v) is 83.7. The summed E-state index contributed by atoms with van der Waals surface area (Å²) in [6.45, 7) is 17.1. The first-order chi connectivity index (χ1) is 72.0. The molecular formula is C103H120N28O15S. The average molecular weight is 2020 g/mol. The van der Waals surface area contributed by atoms with Crippen LogP contribution in [-0.2, 0) is 54.7 Å². The van der Waals surface area contributed by atoms with Crippen LogP contribution >= 0.6 is 0 Å². The highest BCUT2D eigenvalue weighted by Gasteiger charge is 2.33. The molecule has 44 heteroatoms. The number of anilines is 24. The van der Waals surface area contributed by atoms with Gasteiger partial charge in [-0.25, -0.2) is 13.1 Å². The number of para-hydroxylation sites is 3. The number of likely N-dealkylation sites (tertiary alicyclic amines) is 1. The zero-order chi connectivity index (χ0) is 101. The van der Waals surface area contributed by atoms with Gasteiger partial charge in [-0.1, -0.05) is 36.4 Å². The number of sulfonamides is 1. The van der Waals surface area contributed by atoms with Crippen molar-refractivity contribution in [1.82, 2.24) is 60.1 Å². The first-order valence-corrected chi connectivity index (χ1v) is 50.6. The Kier molecular flexibility index (Phi) is 31.3. The van der Waals surface area contributed by atoms with Gasteiger partial charge in [0.25, 0.3) is 17.7 Å². The van der Waals surface area contributed by atoms with Crippen molar-refractivity contribution in [2.75, 3.05) is 284 Å². The van der Waals surface area contributed by atoms with E-state index in [9.17, 15) is 22.8 Å². The molecule has 0 unspecified atom stereocenters. The van der Waals surface area contributed by atoms with E-state index in [1.807, 2.05) is 108 Å². The molecule has 0 radical (unpaired) electrons. The van der Waals surface area contributed by atoms with Gasteiger partial charge < -0.3 is 146 Å². The molecule has 43 nitrogen and oxygen atoms in total. The normalized spacial score (nSPS) is 15.5. The molecule has 0 spiro atoms. The van der Waals surface area contributed by atoms with Crippen molar-refractivity contribution < 1.29 is 70.2 Å². The average Bonchev–Trinajstić information content (AvgIpc) is 1.70. The van der Waals surface area contributed by atoms with Gasteiger partial charge in [0.2, 0.25) is 40.6 Å². The maximum atomic E-state index is 13.2. The molecule has 3 amide bonds.